The van der Waals surface area contributed by atoms with E-state index in [1.807, 2.05) is 128 Å². The first-order valence-corrected chi connectivity index (χ1v) is 11.9. The molecule has 0 spiro atoms. The van der Waals surface area contributed by atoms with Gasteiger partial charge in [-0.15, -0.1) is 0 Å². The van der Waals surface area contributed by atoms with Crippen molar-refractivity contribution in [2.75, 3.05) is 7.11 Å². The number of aliphatic hydroxyl groups is 1. The summed E-state index contributed by atoms with van der Waals surface area (Å²) < 4.78 is 5.94. The van der Waals surface area contributed by atoms with Crippen LogP contribution < -0.4 is 0 Å². The number of hydrogen-bond donors (Lipinski definition) is 1. The van der Waals surface area contributed by atoms with Crippen LogP contribution in [0.1, 0.15) is 35.6 Å². The van der Waals surface area contributed by atoms with Crippen molar-refractivity contribution in [3.05, 3.63) is 144 Å². The summed E-state index contributed by atoms with van der Waals surface area (Å²) in [6.45, 7) is 1.83. The molecule has 4 nitrogen and oxygen atoms in total. The highest BCUT2D eigenvalue weighted by Gasteiger charge is 2.60. The van der Waals surface area contributed by atoms with Crippen LogP contribution in [0.25, 0.3) is 0 Å². The van der Waals surface area contributed by atoms with Gasteiger partial charge in [-0.1, -0.05) is 121 Å². The first kappa shape index (κ1) is 23.5. The fraction of sp³-hybridized carbons (Fsp3) is 0.226. The molecule has 1 N–H and O–H groups in total. The number of methoxy groups -OCH3 is 1. The van der Waals surface area contributed by atoms with E-state index >= 15 is 0 Å². The molecule has 0 saturated carbocycles. The standard InChI is InChI=1S/C31H30O4/c1-29(33-2)28(31(32,26-19-11-5-12-20-26)27-21-13-6-14-22-27)23-30(35-34-29,24-15-7-3-8-16-24)25-17-9-4-10-18-25/h3-22,28,32H,23H2,1-2H3. The maximum Gasteiger partial charge on any atom is 0.204 e. The van der Waals surface area contributed by atoms with Gasteiger partial charge in [-0.05, 0) is 35.6 Å². The highest BCUT2D eigenvalue weighted by molar-refractivity contribution is 5.41. The molecule has 4 aromatic carbocycles. The molecule has 1 aliphatic rings. The second-order valence-electron chi connectivity index (χ2n) is 9.20. The van der Waals surface area contributed by atoms with E-state index in [0.717, 1.165) is 22.3 Å². The van der Waals surface area contributed by atoms with Gasteiger partial charge in [0.25, 0.3) is 0 Å². The zero-order valence-corrected chi connectivity index (χ0v) is 20.0. The SMILES string of the molecule is COC1(C)OOC(c2ccccc2)(c2ccccc2)CC1C(O)(c1ccccc1)c1ccccc1. The van der Waals surface area contributed by atoms with Crippen molar-refractivity contribution in [1.82, 2.24) is 0 Å². The highest BCUT2D eigenvalue weighted by atomic mass is 17.2. The molecular formula is C31H30O4. The smallest absolute Gasteiger partial charge is 0.204 e. The first-order valence-electron chi connectivity index (χ1n) is 11.9. The third kappa shape index (κ3) is 3.99. The second kappa shape index (κ2) is 9.40. The van der Waals surface area contributed by atoms with Crippen molar-refractivity contribution in [2.24, 2.45) is 5.92 Å². The zero-order chi connectivity index (χ0) is 24.4. The lowest BCUT2D eigenvalue weighted by Gasteiger charge is -2.53. The van der Waals surface area contributed by atoms with Gasteiger partial charge in [0.1, 0.15) is 5.60 Å². The Kier molecular flexibility index (Phi) is 6.30. The van der Waals surface area contributed by atoms with E-state index in [4.69, 9.17) is 14.5 Å². The van der Waals surface area contributed by atoms with Crippen molar-refractivity contribution in [3.63, 3.8) is 0 Å². The maximum atomic E-state index is 12.8. The third-order valence-corrected chi connectivity index (χ3v) is 7.29. The fourth-order valence-electron chi connectivity index (χ4n) is 5.29. The van der Waals surface area contributed by atoms with Crippen LogP contribution in [0.2, 0.25) is 0 Å². The van der Waals surface area contributed by atoms with Gasteiger partial charge in [0.2, 0.25) is 5.79 Å². The normalized spacial score (nSPS) is 22.0. The molecule has 2 atom stereocenters. The summed E-state index contributed by atoms with van der Waals surface area (Å²) in [5, 5.41) is 12.8. The molecule has 4 aromatic rings. The molecule has 35 heavy (non-hydrogen) atoms. The van der Waals surface area contributed by atoms with Gasteiger partial charge in [-0.25, -0.2) is 4.89 Å². The molecule has 0 aromatic heterocycles. The van der Waals surface area contributed by atoms with Gasteiger partial charge in [0, 0.05) is 7.11 Å². The Hall–Kier alpha value is -3.28. The summed E-state index contributed by atoms with van der Waals surface area (Å²) in [6, 6.07) is 39.5. The van der Waals surface area contributed by atoms with Crippen LogP contribution in [0, 0.1) is 5.92 Å². The Labute approximate surface area is 206 Å². The minimum absolute atomic E-state index is 0.408. The van der Waals surface area contributed by atoms with E-state index in [1.165, 1.54) is 0 Å². The monoisotopic (exact) mass is 466 g/mol. The van der Waals surface area contributed by atoms with Crippen LogP contribution in [0.5, 0.6) is 0 Å². The van der Waals surface area contributed by atoms with Crippen molar-refractivity contribution >= 4 is 0 Å². The summed E-state index contributed by atoms with van der Waals surface area (Å²) in [5.74, 6) is -1.77. The molecule has 1 aliphatic heterocycles. The molecule has 0 radical (unpaired) electrons. The topological polar surface area (TPSA) is 47.9 Å². The summed E-state index contributed by atoms with van der Waals surface area (Å²) in [6.07, 6.45) is 0.408. The Bertz CT molecular complexity index is 1150. The van der Waals surface area contributed by atoms with Gasteiger partial charge in [0.15, 0.2) is 5.60 Å². The Morgan fingerprint density at radius 2 is 1.09 bits per heavy atom. The van der Waals surface area contributed by atoms with Crippen LogP contribution in [0.3, 0.4) is 0 Å². The highest BCUT2D eigenvalue weighted by Crippen LogP contribution is 2.55. The van der Waals surface area contributed by atoms with Gasteiger partial charge < -0.3 is 9.84 Å². The van der Waals surface area contributed by atoms with E-state index < -0.39 is 22.9 Å². The maximum absolute atomic E-state index is 12.8. The molecule has 0 aliphatic carbocycles. The average Bonchev–Trinajstić information content (AvgIpc) is 2.95. The summed E-state index contributed by atoms with van der Waals surface area (Å²) >= 11 is 0. The minimum Gasteiger partial charge on any atom is -0.380 e. The largest absolute Gasteiger partial charge is 0.380 e. The van der Waals surface area contributed by atoms with Crippen molar-refractivity contribution in [2.45, 2.75) is 30.3 Å². The first-order chi connectivity index (χ1) is 17.0. The molecule has 2 unspecified atom stereocenters. The molecule has 178 valence electrons. The summed E-state index contributed by atoms with van der Waals surface area (Å²) in [4.78, 5) is 12.5. The number of hydrogen-bond acceptors (Lipinski definition) is 4. The Morgan fingerprint density at radius 1 is 0.686 bits per heavy atom. The number of rotatable bonds is 6. The van der Waals surface area contributed by atoms with Crippen LogP contribution >= 0.6 is 0 Å². The number of benzene rings is 4. The molecule has 1 heterocycles. The van der Waals surface area contributed by atoms with Crippen molar-refractivity contribution in [1.29, 1.82) is 0 Å². The Morgan fingerprint density at radius 3 is 1.49 bits per heavy atom. The molecule has 0 bridgehead atoms. The molecule has 5 rings (SSSR count). The van der Waals surface area contributed by atoms with Crippen molar-refractivity contribution < 1.29 is 19.6 Å². The summed E-state index contributed by atoms with van der Waals surface area (Å²) in [7, 11) is 1.59. The lowest BCUT2D eigenvalue weighted by molar-refractivity contribution is -0.505. The van der Waals surface area contributed by atoms with Gasteiger partial charge in [0.05, 0.1) is 5.92 Å². The molecular weight excluding hydrogens is 436 g/mol. The quantitative estimate of drug-likeness (QED) is 0.344. The van der Waals surface area contributed by atoms with E-state index in [9.17, 15) is 5.11 Å². The van der Waals surface area contributed by atoms with E-state index in [2.05, 4.69) is 0 Å². The minimum atomic E-state index is -1.42. The Balaban J connectivity index is 1.75. The van der Waals surface area contributed by atoms with E-state index in [1.54, 1.807) is 7.11 Å². The zero-order valence-electron chi connectivity index (χ0n) is 20.0. The van der Waals surface area contributed by atoms with E-state index in [-0.39, 0.29) is 0 Å². The second-order valence-corrected chi connectivity index (χ2v) is 9.20. The third-order valence-electron chi connectivity index (χ3n) is 7.29. The van der Waals surface area contributed by atoms with E-state index in [0.29, 0.717) is 6.42 Å². The molecule has 1 saturated heterocycles. The van der Waals surface area contributed by atoms with Crippen molar-refractivity contribution in [3.8, 4) is 0 Å². The van der Waals surface area contributed by atoms with Gasteiger partial charge >= 0.3 is 0 Å². The fourth-order valence-corrected chi connectivity index (χ4v) is 5.29. The van der Waals surface area contributed by atoms with Gasteiger partial charge in [-0.3, -0.25) is 0 Å². The van der Waals surface area contributed by atoms with Crippen LogP contribution in [0.4, 0.5) is 0 Å². The predicted octanol–water partition coefficient (Wildman–Crippen LogP) is 6.20. The van der Waals surface area contributed by atoms with Crippen LogP contribution in [-0.4, -0.2) is 18.0 Å². The van der Waals surface area contributed by atoms with Gasteiger partial charge in [-0.2, -0.15) is 4.89 Å². The lowest BCUT2D eigenvalue weighted by Crippen LogP contribution is -2.59. The predicted molar refractivity (Wildman–Crippen MR) is 135 cm³/mol. The molecule has 4 heteroatoms. The molecule has 0 amide bonds. The average molecular weight is 467 g/mol. The molecule has 1 fully saturated rings. The van der Waals surface area contributed by atoms with Crippen LogP contribution in [-0.2, 0) is 25.7 Å². The lowest BCUT2D eigenvalue weighted by atomic mass is 9.65. The number of ether oxygens (including phenoxy) is 1. The summed E-state index contributed by atoms with van der Waals surface area (Å²) in [5.41, 5.74) is 1.03. The van der Waals surface area contributed by atoms with Crippen LogP contribution in [0.15, 0.2) is 121 Å².